The van der Waals surface area contributed by atoms with Gasteiger partial charge in [-0.25, -0.2) is 0 Å². The van der Waals surface area contributed by atoms with Gasteiger partial charge in [0.2, 0.25) is 0 Å². The van der Waals surface area contributed by atoms with Crippen LogP contribution in [0.4, 0.5) is 0 Å². The minimum absolute atomic E-state index is 0.440. The standard InChI is InChI=1S/C43H78O3/c1-8-9-27-44-31-34(4)32-45-28-14-12-10-11-13-15-29-46-37-23-25-42(6)36(30-37)19-20-38-40-22-21-39(35(5)18-16-17-33(2)3)43(40,7)26-24-41(38)42/h19,33-35,37-41H,8-18,20-32H2,1-7H3/t34-,35+,37?,38-,39+,40-,41-,42-,43+/m0/s1. The summed E-state index contributed by atoms with van der Waals surface area (Å²) in [5, 5.41) is 0. The van der Waals surface area contributed by atoms with Crippen LogP contribution in [-0.2, 0) is 14.2 Å². The number of fused-ring (bicyclic) bond motifs is 5. The second-order valence-corrected chi connectivity index (χ2v) is 17.8. The van der Waals surface area contributed by atoms with Crippen molar-refractivity contribution in [1.82, 2.24) is 0 Å². The summed E-state index contributed by atoms with van der Waals surface area (Å²) < 4.78 is 18.1. The van der Waals surface area contributed by atoms with E-state index in [9.17, 15) is 0 Å². The topological polar surface area (TPSA) is 27.7 Å². The molecule has 0 aromatic rings. The smallest absolute Gasteiger partial charge is 0.0612 e. The van der Waals surface area contributed by atoms with Gasteiger partial charge in [0.05, 0.1) is 19.3 Å². The maximum Gasteiger partial charge on any atom is 0.0612 e. The molecule has 0 spiro atoms. The first-order valence-corrected chi connectivity index (χ1v) is 20.7. The van der Waals surface area contributed by atoms with E-state index in [1.165, 1.54) is 116 Å². The Bertz CT molecular complexity index is 881. The van der Waals surface area contributed by atoms with Gasteiger partial charge in [-0.1, -0.05) is 111 Å². The lowest BCUT2D eigenvalue weighted by Gasteiger charge is -2.58. The van der Waals surface area contributed by atoms with Crippen LogP contribution in [0.3, 0.4) is 0 Å². The second-order valence-electron chi connectivity index (χ2n) is 17.8. The van der Waals surface area contributed by atoms with Gasteiger partial charge in [0.15, 0.2) is 0 Å². The number of unbranched alkanes of at least 4 members (excludes halogenated alkanes) is 6. The van der Waals surface area contributed by atoms with Crippen LogP contribution in [0.2, 0.25) is 0 Å². The maximum absolute atomic E-state index is 6.54. The van der Waals surface area contributed by atoms with Crippen molar-refractivity contribution in [2.24, 2.45) is 52.3 Å². The molecule has 0 aromatic carbocycles. The van der Waals surface area contributed by atoms with E-state index in [2.05, 4.69) is 54.5 Å². The largest absolute Gasteiger partial charge is 0.381 e. The molecule has 0 aliphatic heterocycles. The molecule has 4 aliphatic carbocycles. The molecule has 268 valence electrons. The number of ether oxygens (including phenoxy) is 3. The Kier molecular flexibility index (Phi) is 16.0. The monoisotopic (exact) mass is 643 g/mol. The molecule has 0 heterocycles. The quantitative estimate of drug-likeness (QED) is 0.0868. The number of hydrogen-bond acceptors (Lipinski definition) is 3. The van der Waals surface area contributed by atoms with Gasteiger partial charge in [-0.3, -0.25) is 0 Å². The molecular formula is C43H78O3. The van der Waals surface area contributed by atoms with Gasteiger partial charge >= 0.3 is 0 Å². The molecule has 3 heteroatoms. The van der Waals surface area contributed by atoms with Crippen LogP contribution in [0.1, 0.15) is 170 Å². The van der Waals surface area contributed by atoms with Crippen molar-refractivity contribution in [3.05, 3.63) is 11.6 Å². The highest BCUT2D eigenvalue weighted by atomic mass is 16.5. The van der Waals surface area contributed by atoms with Gasteiger partial charge in [0.25, 0.3) is 0 Å². The number of allylic oxidation sites excluding steroid dienone is 1. The van der Waals surface area contributed by atoms with E-state index in [-0.39, 0.29) is 0 Å². The fourth-order valence-corrected chi connectivity index (χ4v) is 10.9. The fraction of sp³-hybridized carbons (Fsp3) is 0.953. The van der Waals surface area contributed by atoms with Gasteiger partial charge in [0, 0.05) is 25.7 Å². The summed E-state index contributed by atoms with van der Waals surface area (Å²) in [6.45, 7) is 21.6. The highest BCUT2D eigenvalue weighted by Gasteiger charge is 2.59. The molecule has 4 rings (SSSR count). The molecule has 0 N–H and O–H groups in total. The lowest BCUT2D eigenvalue weighted by molar-refractivity contribution is -0.0641. The van der Waals surface area contributed by atoms with Gasteiger partial charge in [-0.05, 0) is 117 Å². The molecule has 3 saturated carbocycles. The van der Waals surface area contributed by atoms with Crippen molar-refractivity contribution >= 4 is 0 Å². The minimum Gasteiger partial charge on any atom is -0.381 e. The Balaban J connectivity index is 1.09. The zero-order chi connectivity index (χ0) is 33.0. The third-order valence-electron chi connectivity index (χ3n) is 13.7. The van der Waals surface area contributed by atoms with Crippen LogP contribution in [0, 0.1) is 52.3 Å². The lowest BCUT2D eigenvalue weighted by atomic mass is 9.47. The fourth-order valence-electron chi connectivity index (χ4n) is 10.9. The van der Waals surface area contributed by atoms with Gasteiger partial charge < -0.3 is 14.2 Å². The summed E-state index contributed by atoms with van der Waals surface area (Å²) >= 11 is 0. The Morgan fingerprint density at radius 1 is 0.739 bits per heavy atom. The Labute approximate surface area is 287 Å². The van der Waals surface area contributed by atoms with Crippen LogP contribution in [-0.4, -0.2) is 39.1 Å². The third-order valence-corrected chi connectivity index (χ3v) is 13.7. The zero-order valence-corrected chi connectivity index (χ0v) is 31.9. The summed E-state index contributed by atoms with van der Waals surface area (Å²) in [5.74, 6) is 6.03. The first-order chi connectivity index (χ1) is 22.2. The zero-order valence-electron chi connectivity index (χ0n) is 31.9. The van der Waals surface area contributed by atoms with Gasteiger partial charge in [-0.15, -0.1) is 0 Å². The molecule has 4 aliphatic rings. The maximum atomic E-state index is 6.54. The SMILES string of the molecule is CCCCOC[C@H](C)COCCCCCCCCOC1CC[C@@]2(C)C(=CC[C@H]3[C@@H]4CC[C@H]([C@H](C)CCCC(C)C)[C@@]4(C)CC[C@@H]32)C1. The second kappa shape index (κ2) is 19.1. The summed E-state index contributed by atoms with van der Waals surface area (Å²) in [7, 11) is 0. The van der Waals surface area contributed by atoms with Crippen LogP contribution >= 0.6 is 0 Å². The first kappa shape index (κ1) is 38.4. The van der Waals surface area contributed by atoms with Gasteiger partial charge in [0.1, 0.15) is 0 Å². The Morgan fingerprint density at radius 3 is 2.15 bits per heavy atom. The molecule has 0 amide bonds. The van der Waals surface area contributed by atoms with Crippen molar-refractivity contribution < 1.29 is 14.2 Å². The predicted molar refractivity (Wildman–Crippen MR) is 196 cm³/mol. The molecule has 3 nitrogen and oxygen atoms in total. The van der Waals surface area contributed by atoms with E-state index in [0.717, 1.165) is 75.0 Å². The molecule has 46 heavy (non-hydrogen) atoms. The third kappa shape index (κ3) is 10.3. The molecule has 3 fully saturated rings. The van der Waals surface area contributed by atoms with Gasteiger partial charge in [-0.2, -0.15) is 0 Å². The lowest BCUT2D eigenvalue weighted by Crippen LogP contribution is -2.51. The molecule has 0 radical (unpaired) electrons. The average molecular weight is 643 g/mol. The van der Waals surface area contributed by atoms with E-state index in [4.69, 9.17) is 14.2 Å². The molecule has 1 unspecified atom stereocenters. The Morgan fingerprint density at radius 2 is 1.43 bits per heavy atom. The Hall–Kier alpha value is -0.380. The van der Waals surface area contributed by atoms with Crippen molar-refractivity contribution in [2.75, 3.05) is 33.0 Å². The average Bonchev–Trinajstić information content (AvgIpc) is 3.39. The van der Waals surface area contributed by atoms with Crippen LogP contribution in [0.15, 0.2) is 11.6 Å². The van der Waals surface area contributed by atoms with E-state index >= 15 is 0 Å². The first-order valence-electron chi connectivity index (χ1n) is 20.7. The number of hydrogen-bond donors (Lipinski definition) is 0. The van der Waals surface area contributed by atoms with E-state index in [0.29, 0.717) is 22.9 Å². The highest BCUT2D eigenvalue weighted by molar-refractivity contribution is 5.25. The van der Waals surface area contributed by atoms with Crippen molar-refractivity contribution in [3.8, 4) is 0 Å². The van der Waals surface area contributed by atoms with Crippen LogP contribution in [0.5, 0.6) is 0 Å². The molecule has 0 saturated heterocycles. The molecule has 0 bridgehead atoms. The minimum atomic E-state index is 0.440. The normalized spacial score (nSPS) is 33.7. The van der Waals surface area contributed by atoms with E-state index < -0.39 is 0 Å². The molecule has 9 atom stereocenters. The summed E-state index contributed by atoms with van der Waals surface area (Å²) in [4.78, 5) is 0. The molecule has 0 aromatic heterocycles. The summed E-state index contributed by atoms with van der Waals surface area (Å²) in [6.07, 6.45) is 28.7. The highest BCUT2D eigenvalue weighted by Crippen LogP contribution is 2.67. The van der Waals surface area contributed by atoms with Crippen LogP contribution in [0.25, 0.3) is 0 Å². The van der Waals surface area contributed by atoms with Crippen molar-refractivity contribution in [1.29, 1.82) is 0 Å². The number of rotatable bonds is 22. The summed E-state index contributed by atoms with van der Waals surface area (Å²) in [6, 6.07) is 0. The van der Waals surface area contributed by atoms with Crippen molar-refractivity contribution in [3.63, 3.8) is 0 Å². The van der Waals surface area contributed by atoms with E-state index in [1.807, 2.05) is 0 Å². The van der Waals surface area contributed by atoms with E-state index in [1.54, 1.807) is 5.57 Å². The predicted octanol–water partition coefficient (Wildman–Crippen LogP) is 12.2. The van der Waals surface area contributed by atoms with Crippen LogP contribution < -0.4 is 0 Å². The molecular weight excluding hydrogens is 564 g/mol. The summed E-state index contributed by atoms with van der Waals surface area (Å²) in [5.41, 5.74) is 2.82. The van der Waals surface area contributed by atoms with Crippen molar-refractivity contribution in [2.45, 2.75) is 177 Å².